The third kappa shape index (κ3) is 2.18. The van der Waals surface area contributed by atoms with Gasteiger partial charge in [-0.15, -0.1) is 0 Å². The smallest absolute Gasteiger partial charge is 0.303 e. The first-order valence-electron chi connectivity index (χ1n) is 6.48. The fraction of sp³-hybridized carbons (Fsp3) is 0.400. The van der Waals surface area contributed by atoms with E-state index < -0.39 is 5.97 Å². The SMILES string of the molecule is Cc1c(Br)c2ccccc2n1CC1(CC(=O)O)CC1. The molecule has 1 N–H and O–H groups in total. The normalized spacial score (nSPS) is 16.7. The topological polar surface area (TPSA) is 42.2 Å². The molecule has 3 rings (SSSR count). The van der Waals surface area contributed by atoms with Crippen LogP contribution in [0, 0.1) is 12.3 Å². The number of aromatic nitrogens is 1. The number of halogens is 1. The van der Waals surface area contributed by atoms with Gasteiger partial charge >= 0.3 is 5.97 Å². The Morgan fingerprint density at radius 1 is 1.42 bits per heavy atom. The first-order valence-corrected chi connectivity index (χ1v) is 7.27. The summed E-state index contributed by atoms with van der Waals surface area (Å²) >= 11 is 3.64. The minimum absolute atomic E-state index is 0.0299. The Balaban J connectivity index is 2.02. The number of nitrogens with zero attached hydrogens (tertiary/aromatic N) is 1. The maximum Gasteiger partial charge on any atom is 0.303 e. The van der Waals surface area contributed by atoms with Crippen LogP contribution in [0.4, 0.5) is 0 Å². The van der Waals surface area contributed by atoms with Gasteiger partial charge in [0.05, 0.1) is 6.42 Å². The van der Waals surface area contributed by atoms with E-state index in [1.807, 2.05) is 12.1 Å². The molecule has 0 unspecified atom stereocenters. The average molecular weight is 322 g/mol. The third-order valence-corrected chi connectivity index (χ3v) is 5.13. The summed E-state index contributed by atoms with van der Waals surface area (Å²) in [6, 6.07) is 8.26. The average Bonchev–Trinajstić information content (AvgIpc) is 3.08. The van der Waals surface area contributed by atoms with Crippen LogP contribution in [0.1, 0.15) is 25.0 Å². The summed E-state index contributed by atoms with van der Waals surface area (Å²) in [4.78, 5) is 11.0. The van der Waals surface area contributed by atoms with Gasteiger partial charge in [-0.3, -0.25) is 4.79 Å². The number of carbonyl (C=O) groups is 1. The lowest BCUT2D eigenvalue weighted by Crippen LogP contribution is -2.16. The van der Waals surface area contributed by atoms with Crippen LogP contribution in [-0.4, -0.2) is 15.6 Å². The molecule has 1 aromatic heterocycles. The van der Waals surface area contributed by atoms with E-state index in [1.165, 1.54) is 16.6 Å². The molecule has 1 aromatic carbocycles. The van der Waals surface area contributed by atoms with Gasteiger partial charge < -0.3 is 9.67 Å². The lowest BCUT2D eigenvalue weighted by molar-refractivity contribution is -0.138. The van der Waals surface area contributed by atoms with Crippen LogP contribution >= 0.6 is 15.9 Å². The van der Waals surface area contributed by atoms with Crippen LogP contribution in [0.2, 0.25) is 0 Å². The molecule has 0 spiro atoms. The molecule has 3 nitrogen and oxygen atoms in total. The second kappa shape index (κ2) is 4.37. The third-order valence-electron chi connectivity index (χ3n) is 4.13. The van der Waals surface area contributed by atoms with E-state index in [1.54, 1.807) is 0 Å². The minimum atomic E-state index is -0.689. The molecule has 0 radical (unpaired) electrons. The zero-order valence-corrected chi connectivity index (χ0v) is 12.4. The Morgan fingerprint density at radius 2 is 2.11 bits per heavy atom. The van der Waals surface area contributed by atoms with Crippen molar-refractivity contribution in [2.24, 2.45) is 5.41 Å². The predicted molar refractivity (Wildman–Crippen MR) is 78.3 cm³/mol. The molecule has 100 valence electrons. The number of hydrogen-bond donors (Lipinski definition) is 1. The molecule has 0 saturated heterocycles. The first kappa shape index (κ1) is 12.7. The van der Waals surface area contributed by atoms with Gasteiger partial charge in [0, 0.05) is 27.6 Å². The lowest BCUT2D eigenvalue weighted by atomic mass is 10.0. The molecule has 19 heavy (non-hydrogen) atoms. The molecular formula is C15H16BrNO2. The van der Waals surface area contributed by atoms with Crippen molar-refractivity contribution in [3.8, 4) is 0 Å². The molecule has 0 amide bonds. The Hall–Kier alpha value is -1.29. The Labute approximate surface area is 120 Å². The summed E-state index contributed by atoms with van der Waals surface area (Å²) in [5, 5.41) is 10.2. The summed E-state index contributed by atoms with van der Waals surface area (Å²) < 4.78 is 3.38. The van der Waals surface area contributed by atoms with Gasteiger partial charge in [0.25, 0.3) is 0 Å². The van der Waals surface area contributed by atoms with E-state index in [2.05, 4.69) is 39.6 Å². The Morgan fingerprint density at radius 3 is 2.74 bits per heavy atom. The minimum Gasteiger partial charge on any atom is -0.481 e. The highest BCUT2D eigenvalue weighted by Crippen LogP contribution is 2.51. The van der Waals surface area contributed by atoms with E-state index in [4.69, 9.17) is 5.11 Å². The number of aliphatic carboxylic acids is 1. The molecule has 1 heterocycles. The number of carboxylic acid groups (broad SMARTS) is 1. The van der Waals surface area contributed by atoms with Crippen molar-refractivity contribution < 1.29 is 9.90 Å². The summed E-state index contributed by atoms with van der Waals surface area (Å²) in [7, 11) is 0. The second-order valence-electron chi connectivity index (χ2n) is 5.57. The molecule has 0 aliphatic heterocycles. The molecule has 1 fully saturated rings. The fourth-order valence-corrected chi connectivity index (χ4v) is 3.37. The molecule has 4 heteroatoms. The van der Waals surface area contributed by atoms with Gasteiger partial charge in [-0.1, -0.05) is 18.2 Å². The summed E-state index contributed by atoms with van der Waals surface area (Å²) in [6.45, 7) is 2.89. The zero-order chi connectivity index (χ0) is 13.6. The summed E-state index contributed by atoms with van der Waals surface area (Å²) in [5.74, 6) is -0.689. The van der Waals surface area contributed by atoms with Crippen molar-refractivity contribution >= 4 is 32.8 Å². The Kier molecular flexibility index (Phi) is 2.93. The second-order valence-corrected chi connectivity index (χ2v) is 6.37. The highest BCUT2D eigenvalue weighted by atomic mass is 79.9. The summed E-state index contributed by atoms with van der Waals surface area (Å²) in [5.41, 5.74) is 2.33. The van der Waals surface area contributed by atoms with Gasteiger partial charge in [-0.25, -0.2) is 0 Å². The van der Waals surface area contributed by atoms with Gasteiger partial charge in [-0.05, 0) is 47.2 Å². The van der Waals surface area contributed by atoms with E-state index in [-0.39, 0.29) is 11.8 Å². The van der Waals surface area contributed by atoms with Crippen molar-refractivity contribution in [3.05, 3.63) is 34.4 Å². The highest BCUT2D eigenvalue weighted by Gasteiger charge is 2.45. The molecule has 0 bridgehead atoms. The van der Waals surface area contributed by atoms with Crippen molar-refractivity contribution in [3.63, 3.8) is 0 Å². The monoisotopic (exact) mass is 321 g/mol. The molecule has 2 aromatic rings. The lowest BCUT2D eigenvalue weighted by Gasteiger charge is -2.16. The van der Waals surface area contributed by atoms with Crippen molar-refractivity contribution in [1.82, 2.24) is 4.57 Å². The number of rotatable bonds is 4. The first-order chi connectivity index (χ1) is 9.02. The molecule has 1 aliphatic rings. The number of hydrogen-bond acceptors (Lipinski definition) is 1. The molecule has 1 saturated carbocycles. The Bertz CT molecular complexity index is 655. The fourth-order valence-electron chi connectivity index (χ4n) is 2.82. The van der Waals surface area contributed by atoms with Crippen molar-refractivity contribution in [1.29, 1.82) is 0 Å². The van der Waals surface area contributed by atoms with Crippen LogP contribution in [0.5, 0.6) is 0 Å². The van der Waals surface area contributed by atoms with Crippen LogP contribution < -0.4 is 0 Å². The summed E-state index contributed by atoms with van der Waals surface area (Å²) in [6.07, 6.45) is 2.31. The number of para-hydroxylation sites is 1. The van der Waals surface area contributed by atoms with Crippen LogP contribution in [0.3, 0.4) is 0 Å². The zero-order valence-electron chi connectivity index (χ0n) is 10.8. The predicted octanol–water partition coefficient (Wildman–Crippen LogP) is 3.97. The molecular weight excluding hydrogens is 306 g/mol. The van der Waals surface area contributed by atoms with Gasteiger partial charge in [-0.2, -0.15) is 0 Å². The van der Waals surface area contributed by atoms with Gasteiger partial charge in [0.15, 0.2) is 0 Å². The highest BCUT2D eigenvalue weighted by molar-refractivity contribution is 9.10. The molecule has 0 atom stereocenters. The number of benzene rings is 1. The molecule has 1 aliphatic carbocycles. The largest absolute Gasteiger partial charge is 0.481 e. The van der Waals surface area contributed by atoms with Gasteiger partial charge in [0.1, 0.15) is 0 Å². The van der Waals surface area contributed by atoms with Crippen molar-refractivity contribution in [2.45, 2.75) is 32.7 Å². The van der Waals surface area contributed by atoms with E-state index in [0.717, 1.165) is 23.9 Å². The van der Waals surface area contributed by atoms with Crippen LogP contribution in [0.25, 0.3) is 10.9 Å². The van der Waals surface area contributed by atoms with Gasteiger partial charge in [0.2, 0.25) is 0 Å². The maximum atomic E-state index is 11.0. The van der Waals surface area contributed by atoms with Crippen molar-refractivity contribution in [2.75, 3.05) is 0 Å². The standard InChI is InChI=1S/C15H16BrNO2/c1-10-14(16)11-4-2-3-5-12(11)17(10)9-15(6-7-15)8-13(18)19/h2-5H,6-9H2,1H3,(H,18,19). The number of fused-ring (bicyclic) bond motifs is 1. The van der Waals surface area contributed by atoms with E-state index >= 15 is 0 Å². The number of carboxylic acids is 1. The maximum absolute atomic E-state index is 11.0. The van der Waals surface area contributed by atoms with E-state index in [9.17, 15) is 4.79 Å². The van der Waals surface area contributed by atoms with Crippen LogP contribution in [-0.2, 0) is 11.3 Å². The van der Waals surface area contributed by atoms with E-state index in [0.29, 0.717) is 0 Å². The van der Waals surface area contributed by atoms with Crippen LogP contribution in [0.15, 0.2) is 28.7 Å². The quantitative estimate of drug-likeness (QED) is 0.925.